The summed E-state index contributed by atoms with van der Waals surface area (Å²) in [6.07, 6.45) is 2.26. The fraction of sp³-hybridized carbons (Fsp3) is 0.370. The Morgan fingerprint density at radius 1 is 1.19 bits per heavy atom. The number of rotatable bonds is 6. The zero-order chi connectivity index (χ0) is 25.1. The maximum Gasteiger partial charge on any atom is 0.252 e. The van der Waals surface area contributed by atoms with E-state index in [4.69, 9.17) is 26.1 Å². The van der Waals surface area contributed by atoms with Crippen molar-refractivity contribution in [3.8, 4) is 5.75 Å². The molecule has 188 valence electrons. The van der Waals surface area contributed by atoms with E-state index < -0.39 is 0 Å². The topological polar surface area (TPSA) is 92.8 Å². The van der Waals surface area contributed by atoms with Crippen molar-refractivity contribution >= 4 is 40.0 Å². The Labute approximate surface area is 214 Å². The van der Waals surface area contributed by atoms with Crippen LogP contribution in [0.25, 0.3) is 10.9 Å². The van der Waals surface area contributed by atoms with E-state index in [1.54, 1.807) is 25.3 Å². The number of hydrogen-bond donors (Lipinski definition) is 2. The van der Waals surface area contributed by atoms with Gasteiger partial charge in [0.15, 0.2) is 0 Å². The van der Waals surface area contributed by atoms with E-state index in [1.165, 1.54) is 0 Å². The van der Waals surface area contributed by atoms with E-state index in [1.807, 2.05) is 29.2 Å². The van der Waals surface area contributed by atoms with Gasteiger partial charge in [-0.2, -0.15) is 0 Å². The minimum absolute atomic E-state index is 0.0898. The first-order valence-corrected chi connectivity index (χ1v) is 12.5. The number of benzene rings is 2. The Morgan fingerprint density at radius 2 is 2.00 bits per heavy atom. The molecule has 0 bridgehead atoms. The lowest BCUT2D eigenvalue weighted by Gasteiger charge is -2.30. The summed E-state index contributed by atoms with van der Waals surface area (Å²) >= 11 is 6.10. The molecule has 1 aromatic heterocycles. The normalized spacial score (nSPS) is 16.4. The molecule has 2 amide bonds. The van der Waals surface area contributed by atoms with E-state index in [0.717, 1.165) is 35.0 Å². The number of anilines is 1. The van der Waals surface area contributed by atoms with Crippen LogP contribution in [0.15, 0.2) is 42.5 Å². The number of pyridine rings is 1. The number of amides is 2. The third-order valence-corrected chi connectivity index (χ3v) is 6.95. The van der Waals surface area contributed by atoms with Crippen molar-refractivity contribution in [2.45, 2.75) is 31.8 Å². The third-order valence-electron chi connectivity index (χ3n) is 6.71. The van der Waals surface area contributed by atoms with Gasteiger partial charge in [0.05, 0.1) is 30.4 Å². The Morgan fingerprint density at radius 3 is 2.81 bits per heavy atom. The maximum absolute atomic E-state index is 13.6. The van der Waals surface area contributed by atoms with Crippen LogP contribution in [0, 0.1) is 0 Å². The van der Waals surface area contributed by atoms with Crippen molar-refractivity contribution in [3.05, 3.63) is 64.3 Å². The predicted octanol–water partition coefficient (Wildman–Crippen LogP) is 3.80. The minimum atomic E-state index is -0.180. The average Bonchev–Trinajstić information content (AvgIpc) is 2.88. The van der Waals surface area contributed by atoms with Gasteiger partial charge in [-0.25, -0.2) is 0 Å². The van der Waals surface area contributed by atoms with Crippen molar-refractivity contribution < 1.29 is 19.1 Å². The highest BCUT2D eigenvalue weighted by Crippen LogP contribution is 2.30. The van der Waals surface area contributed by atoms with Crippen LogP contribution in [0.1, 0.15) is 34.5 Å². The maximum atomic E-state index is 13.6. The van der Waals surface area contributed by atoms with E-state index in [9.17, 15) is 9.59 Å². The fourth-order valence-corrected chi connectivity index (χ4v) is 5.08. The molecule has 3 heterocycles. The number of fused-ring (bicyclic) bond motifs is 2. The highest BCUT2D eigenvalue weighted by molar-refractivity contribution is 6.31. The van der Waals surface area contributed by atoms with Crippen molar-refractivity contribution in [2.75, 3.05) is 38.7 Å². The van der Waals surface area contributed by atoms with Crippen LogP contribution in [0.3, 0.4) is 0 Å². The largest absolute Gasteiger partial charge is 0.495 e. The summed E-state index contributed by atoms with van der Waals surface area (Å²) in [5, 5.41) is 7.45. The van der Waals surface area contributed by atoms with Gasteiger partial charge in [0.1, 0.15) is 5.75 Å². The van der Waals surface area contributed by atoms with E-state index >= 15 is 0 Å². The van der Waals surface area contributed by atoms with Crippen LogP contribution >= 0.6 is 11.6 Å². The van der Waals surface area contributed by atoms with Gasteiger partial charge >= 0.3 is 0 Å². The lowest BCUT2D eigenvalue weighted by atomic mass is 9.94. The predicted molar refractivity (Wildman–Crippen MR) is 139 cm³/mol. The SMILES string of the molecule is COc1ccc(Cl)cc1NC(=O)CN1CCc2nc3ccccc3c(C(=O)NC3CCOCC3)c2C1. The highest BCUT2D eigenvalue weighted by Gasteiger charge is 2.28. The highest BCUT2D eigenvalue weighted by atomic mass is 35.5. The summed E-state index contributed by atoms with van der Waals surface area (Å²) in [4.78, 5) is 33.4. The van der Waals surface area contributed by atoms with Gasteiger partial charge in [-0.15, -0.1) is 0 Å². The standard InChI is InChI=1S/C27H29ClN4O4/c1-35-24-7-6-17(28)14-23(24)31-25(33)16-32-11-8-22-20(15-32)26(19-4-2-3-5-21(19)30-22)27(34)29-18-9-12-36-13-10-18/h2-7,14,18H,8-13,15-16H2,1H3,(H,29,34)(H,31,33). The number of methoxy groups -OCH3 is 1. The molecular formula is C27H29ClN4O4. The number of hydrogen-bond acceptors (Lipinski definition) is 6. The molecule has 2 aliphatic heterocycles. The monoisotopic (exact) mass is 508 g/mol. The van der Waals surface area contributed by atoms with E-state index in [2.05, 4.69) is 10.6 Å². The minimum Gasteiger partial charge on any atom is -0.495 e. The third kappa shape index (κ3) is 5.31. The summed E-state index contributed by atoms with van der Waals surface area (Å²) in [5.41, 5.74) is 3.80. The Hall–Kier alpha value is -3.20. The molecule has 3 aromatic rings. The lowest BCUT2D eigenvalue weighted by Crippen LogP contribution is -2.41. The molecule has 0 saturated carbocycles. The number of aromatic nitrogens is 1. The van der Waals surface area contributed by atoms with Crippen LogP contribution in [0.2, 0.25) is 5.02 Å². The number of nitrogens with zero attached hydrogens (tertiary/aromatic N) is 2. The molecule has 0 radical (unpaired) electrons. The Bertz CT molecular complexity index is 1290. The molecule has 36 heavy (non-hydrogen) atoms. The summed E-state index contributed by atoms with van der Waals surface area (Å²) in [5.74, 6) is 0.271. The first-order valence-electron chi connectivity index (χ1n) is 12.2. The summed E-state index contributed by atoms with van der Waals surface area (Å²) in [6.45, 7) is 2.60. The second-order valence-corrected chi connectivity index (χ2v) is 9.58. The van der Waals surface area contributed by atoms with Crippen LogP contribution in [0.4, 0.5) is 5.69 Å². The van der Waals surface area contributed by atoms with Gasteiger partial charge in [-0.05, 0) is 37.1 Å². The molecule has 2 aliphatic rings. The number of carbonyl (C=O) groups excluding carboxylic acids is 2. The van der Waals surface area contributed by atoms with Gasteiger partial charge in [-0.3, -0.25) is 19.5 Å². The second kappa shape index (κ2) is 10.8. The smallest absolute Gasteiger partial charge is 0.252 e. The fourth-order valence-electron chi connectivity index (χ4n) is 4.91. The summed E-state index contributed by atoms with van der Waals surface area (Å²) in [6, 6.07) is 12.9. The number of ether oxygens (including phenoxy) is 2. The molecule has 5 rings (SSSR count). The van der Waals surface area contributed by atoms with Gasteiger partial charge in [0.25, 0.3) is 5.91 Å². The Kier molecular flexibility index (Phi) is 7.36. The molecule has 0 aliphatic carbocycles. The first-order chi connectivity index (χ1) is 17.5. The van der Waals surface area contributed by atoms with Gasteiger partial charge in [0, 0.05) is 60.4 Å². The molecule has 2 N–H and O–H groups in total. The average molecular weight is 509 g/mol. The molecule has 0 atom stereocenters. The molecule has 0 unspecified atom stereocenters. The molecule has 1 saturated heterocycles. The molecular weight excluding hydrogens is 480 g/mol. The van der Waals surface area contributed by atoms with Crippen molar-refractivity contribution in [3.63, 3.8) is 0 Å². The molecule has 0 spiro atoms. The van der Waals surface area contributed by atoms with Gasteiger partial charge in [-0.1, -0.05) is 29.8 Å². The molecule has 8 nitrogen and oxygen atoms in total. The van der Waals surface area contributed by atoms with Gasteiger partial charge < -0.3 is 20.1 Å². The second-order valence-electron chi connectivity index (χ2n) is 9.14. The number of nitrogens with one attached hydrogen (secondary N) is 2. The first kappa shape index (κ1) is 24.5. The van der Waals surface area contributed by atoms with E-state index in [-0.39, 0.29) is 24.4 Å². The van der Waals surface area contributed by atoms with Crippen LogP contribution in [-0.2, 0) is 22.5 Å². The number of para-hydroxylation sites is 1. The van der Waals surface area contributed by atoms with Gasteiger partial charge in [0.2, 0.25) is 5.91 Å². The van der Waals surface area contributed by atoms with E-state index in [0.29, 0.717) is 54.7 Å². The van der Waals surface area contributed by atoms with Crippen LogP contribution < -0.4 is 15.4 Å². The zero-order valence-electron chi connectivity index (χ0n) is 20.2. The zero-order valence-corrected chi connectivity index (χ0v) is 20.9. The van der Waals surface area contributed by atoms with Crippen molar-refractivity contribution in [1.82, 2.24) is 15.2 Å². The molecule has 9 heteroatoms. The summed E-state index contributed by atoms with van der Waals surface area (Å²) in [7, 11) is 1.55. The lowest BCUT2D eigenvalue weighted by molar-refractivity contribution is -0.117. The van der Waals surface area contributed by atoms with Crippen molar-refractivity contribution in [2.24, 2.45) is 0 Å². The Balaban J connectivity index is 1.38. The van der Waals surface area contributed by atoms with Crippen LogP contribution in [0.5, 0.6) is 5.75 Å². The van der Waals surface area contributed by atoms with Crippen molar-refractivity contribution in [1.29, 1.82) is 0 Å². The number of halogens is 1. The summed E-state index contributed by atoms with van der Waals surface area (Å²) < 4.78 is 10.8. The number of carbonyl (C=O) groups is 2. The quantitative estimate of drug-likeness (QED) is 0.526. The van der Waals surface area contributed by atoms with Crippen LogP contribution in [-0.4, -0.2) is 61.2 Å². The molecule has 1 fully saturated rings. The molecule has 2 aromatic carbocycles.